The van der Waals surface area contributed by atoms with Gasteiger partial charge in [-0.1, -0.05) is 6.92 Å². The van der Waals surface area contributed by atoms with E-state index in [0.29, 0.717) is 6.61 Å². The normalized spacial score (nSPS) is 11.9. The fraction of sp³-hybridized carbons (Fsp3) is 0.750. The molecule has 0 N–H and O–H groups in total. The molecule has 1 atom stereocenters. The Balaban J connectivity index is 3.61. The zero-order valence-corrected chi connectivity index (χ0v) is 7.62. The van der Waals surface area contributed by atoms with E-state index in [1.165, 1.54) is 13.8 Å². The first-order valence-electron chi connectivity index (χ1n) is 3.91. The van der Waals surface area contributed by atoms with Crippen LogP contribution in [0.3, 0.4) is 0 Å². The van der Waals surface area contributed by atoms with Crippen LogP contribution in [0.4, 0.5) is 4.79 Å². The molecule has 4 nitrogen and oxygen atoms in total. The van der Waals surface area contributed by atoms with E-state index in [4.69, 9.17) is 0 Å². The van der Waals surface area contributed by atoms with Gasteiger partial charge >= 0.3 is 6.16 Å². The average molecular weight is 174 g/mol. The molecule has 0 amide bonds. The zero-order chi connectivity index (χ0) is 9.56. The maximum absolute atomic E-state index is 10.7. The minimum atomic E-state index is -0.778. The number of hydrogen-bond donors (Lipinski definition) is 0. The van der Waals surface area contributed by atoms with E-state index in [1.807, 2.05) is 6.92 Å². The van der Waals surface area contributed by atoms with Crippen molar-refractivity contribution < 1.29 is 19.1 Å². The van der Waals surface area contributed by atoms with Crippen LogP contribution in [0, 0.1) is 0 Å². The van der Waals surface area contributed by atoms with Crippen molar-refractivity contribution in [2.75, 3.05) is 6.61 Å². The largest absolute Gasteiger partial charge is 0.508 e. The lowest BCUT2D eigenvalue weighted by Crippen LogP contribution is -2.22. The molecule has 4 heteroatoms. The highest BCUT2D eigenvalue weighted by molar-refractivity contribution is 5.81. The average Bonchev–Trinajstić information content (AvgIpc) is 2.00. The molecular weight excluding hydrogens is 160 g/mol. The summed E-state index contributed by atoms with van der Waals surface area (Å²) in [7, 11) is 0. The molecule has 0 fully saturated rings. The minimum Gasteiger partial charge on any atom is -0.434 e. The molecule has 70 valence electrons. The van der Waals surface area contributed by atoms with Crippen molar-refractivity contribution in [2.45, 2.75) is 33.3 Å². The highest BCUT2D eigenvalue weighted by atomic mass is 16.7. The molecule has 0 spiro atoms. The van der Waals surface area contributed by atoms with Gasteiger partial charge < -0.3 is 9.47 Å². The van der Waals surface area contributed by atoms with E-state index in [9.17, 15) is 9.59 Å². The lowest BCUT2D eigenvalue weighted by atomic mass is 10.3. The van der Waals surface area contributed by atoms with E-state index < -0.39 is 12.3 Å². The van der Waals surface area contributed by atoms with Crippen LogP contribution in [0.25, 0.3) is 0 Å². The van der Waals surface area contributed by atoms with E-state index in [1.54, 1.807) is 0 Å². The van der Waals surface area contributed by atoms with Crippen LogP contribution < -0.4 is 0 Å². The summed E-state index contributed by atoms with van der Waals surface area (Å²) in [5.74, 6) is -0.191. The van der Waals surface area contributed by atoms with Gasteiger partial charge in [-0.15, -0.1) is 0 Å². The van der Waals surface area contributed by atoms with E-state index in [-0.39, 0.29) is 5.78 Å². The molecule has 0 aromatic rings. The van der Waals surface area contributed by atoms with Gasteiger partial charge in [-0.25, -0.2) is 4.79 Å². The van der Waals surface area contributed by atoms with Crippen LogP contribution in [-0.2, 0) is 14.3 Å². The molecule has 0 bridgehead atoms. The molecule has 0 saturated carbocycles. The van der Waals surface area contributed by atoms with Gasteiger partial charge in [0.25, 0.3) is 0 Å². The van der Waals surface area contributed by atoms with Crippen LogP contribution in [0.5, 0.6) is 0 Å². The quantitative estimate of drug-likeness (QED) is 0.606. The summed E-state index contributed by atoms with van der Waals surface area (Å²) in [5.41, 5.74) is 0. The Hall–Kier alpha value is -1.06. The van der Waals surface area contributed by atoms with Crippen LogP contribution >= 0.6 is 0 Å². The summed E-state index contributed by atoms with van der Waals surface area (Å²) >= 11 is 0. The summed E-state index contributed by atoms with van der Waals surface area (Å²) in [6.45, 7) is 5.07. The molecule has 0 aliphatic heterocycles. The number of rotatable bonds is 4. The molecule has 0 saturated heterocycles. The Morgan fingerprint density at radius 3 is 2.42 bits per heavy atom. The Bertz CT molecular complexity index is 164. The minimum absolute atomic E-state index is 0.191. The molecular formula is C8H14O4. The summed E-state index contributed by atoms with van der Waals surface area (Å²) in [4.78, 5) is 21.3. The fourth-order valence-corrected chi connectivity index (χ4v) is 0.447. The van der Waals surface area contributed by atoms with Crippen LogP contribution in [-0.4, -0.2) is 24.6 Å². The summed E-state index contributed by atoms with van der Waals surface area (Å²) in [6.07, 6.45) is -0.752. The number of ketones is 1. The Kier molecular flexibility index (Phi) is 5.08. The third-order valence-electron chi connectivity index (χ3n) is 1.27. The summed E-state index contributed by atoms with van der Waals surface area (Å²) in [5, 5.41) is 0. The maximum atomic E-state index is 10.7. The van der Waals surface area contributed by atoms with Gasteiger partial charge in [-0.05, 0) is 20.3 Å². The van der Waals surface area contributed by atoms with E-state index in [0.717, 1.165) is 6.42 Å². The first-order valence-corrected chi connectivity index (χ1v) is 3.91. The van der Waals surface area contributed by atoms with Crippen molar-refractivity contribution >= 4 is 11.9 Å². The lowest BCUT2D eigenvalue weighted by Gasteiger charge is -2.09. The molecule has 0 aromatic heterocycles. The SMILES string of the molecule is CCCOC(=O)OC(C)C(C)=O. The Labute approximate surface area is 71.8 Å². The van der Waals surface area contributed by atoms with Crippen LogP contribution in [0.2, 0.25) is 0 Å². The molecule has 1 unspecified atom stereocenters. The lowest BCUT2D eigenvalue weighted by molar-refractivity contribution is -0.125. The highest BCUT2D eigenvalue weighted by Crippen LogP contribution is 1.96. The first kappa shape index (κ1) is 10.9. The summed E-state index contributed by atoms with van der Waals surface area (Å²) < 4.78 is 9.20. The predicted molar refractivity (Wildman–Crippen MR) is 42.9 cm³/mol. The van der Waals surface area contributed by atoms with E-state index >= 15 is 0 Å². The molecule has 0 aliphatic carbocycles. The third kappa shape index (κ3) is 4.71. The van der Waals surface area contributed by atoms with Gasteiger partial charge in [0.15, 0.2) is 11.9 Å². The smallest absolute Gasteiger partial charge is 0.434 e. The van der Waals surface area contributed by atoms with Crippen molar-refractivity contribution in [3.63, 3.8) is 0 Å². The second-order valence-corrected chi connectivity index (χ2v) is 2.47. The first-order chi connectivity index (χ1) is 5.57. The number of ether oxygens (including phenoxy) is 2. The van der Waals surface area contributed by atoms with E-state index in [2.05, 4.69) is 9.47 Å². The van der Waals surface area contributed by atoms with Gasteiger partial charge in [-0.3, -0.25) is 4.79 Å². The molecule has 0 radical (unpaired) electrons. The topological polar surface area (TPSA) is 52.6 Å². The van der Waals surface area contributed by atoms with Gasteiger partial charge in [0.2, 0.25) is 0 Å². The zero-order valence-electron chi connectivity index (χ0n) is 7.62. The van der Waals surface area contributed by atoms with Gasteiger partial charge in [-0.2, -0.15) is 0 Å². The highest BCUT2D eigenvalue weighted by Gasteiger charge is 2.13. The van der Waals surface area contributed by atoms with Crippen molar-refractivity contribution in [1.29, 1.82) is 0 Å². The molecule has 0 heterocycles. The van der Waals surface area contributed by atoms with Crippen molar-refractivity contribution in [2.24, 2.45) is 0 Å². The van der Waals surface area contributed by atoms with Crippen molar-refractivity contribution in [3.05, 3.63) is 0 Å². The fourth-order valence-electron chi connectivity index (χ4n) is 0.447. The number of carbonyl (C=O) groups excluding carboxylic acids is 2. The number of Topliss-reactive ketones (excluding diaryl/α,β-unsaturated/α-hetero) is 1. The van der Waals surface area contributed by atoms with Crippen LogP contribution in [0.15, 0.2) is 0 Å². The van der Waals surface area contributed by atoms with Crippen LogP contribution in [0.1, 0.15) is 27.2 Å². The number of hydrogen-bond acceptors (Lipinski definition) is 4. The molecule has 0 aliphatic rings. The monoisotopic (exact) mass is 174 g/mol. The van der Waals surface area contributed by atoms with Gasteiger partial charge in [0.05, 0.1) is 6.61 Å². The standard InChI is InChI=1S/C8H14O4/c1-4-5-11-8(10)12-7(3)6(2)9/h7H,4-5H2,1-3H3. The molecule has 0 rings (SSSR count). The second-order valence-electron chi connectivity index (χ2n) is 2.47. The second kappa shape index (κ2) is 5.57. The molecule has 0 aromatic carbocycles. The molecule has 12 heavy (non-hydrogen) atoms. The third-order valence-corrected chi connectivity index (χ3v) is 1.27. The number of carbonyl (C=O) groups is 2. The summed E-state index contributed by atoms with van der Waals surface area (Å²) in [6, 6.07) is 0. The predicted octanol–water partition coefficient (Wildman–Crippen LogP) is 1.53. The Morgan fingerprint density at radius 2 is 2.00 bits per heavy atom. The van der Waals surface area contributed by atoms with Crippen molar-refractivity contribution in [3.8, 4) is 0 Å². The maximum Gasteiger partial charge on any atom is 0.508 e. The Morgan fingerprint density at radius 1 is 1.42 bits per heavy atom. The van der Waals surface area contributed by atoms with Gasteiger partial charge in [0, 0.05) is 0 Å². The van der Waals surface area contributed by atoms with Crippen molar-refractivity contribution in [1.82, 2.24) is 0 Å². The van der Waals surface area contributed by atoms with Gasteiger partial charge in [0.1, 0.15) is 0 Å².